The van der Waals surface area contributed by atoms with Crippen molar-refractivity contribution < 1.29 is 31.5 Å². The Bertz CT molecular complexity index is 1160. The van der Waals surface area contributed by atoms with Gasteiger partial charge in [0.15, 0.2) is 0 Å². The van der Waals surface area contributed by atoms with E-state index >= 15 is 0 Å². The van der Waals surface area contributed by atoms with Crippen LogP contribution in [0.3, 0.4) is 0 Å². The lowest BCUT2D eigenvalue weighted by Crippen LogP contribution is -2.50. The number of aromatic amines is 1. The van der Waals surface area contributed by atoms with Crippen LogP contribution in [0.1, 0.15) is 16.1 Å². The maximum absolute atomic E-state index is 14.1. The molecule has 0 radical (unpaired) electrons. The normalized spacial score (nSPS) is 12.6. The Morgan fingerprint density at radius 3 is 2.59 bits per heavy atom. The third kappa shape index (κ3) is 5.72. The van der Waals surface area contributed by atoms with E-state index in [0.717, 1.165) is 19.2 Å². The van der Waals surface area contributed by atoms with Crippen LogP contribution in [-0.2, 0) is 11.2 Å². The van der Waals surface area contributed by atoms with Crippen molar-refractivity contribution in [1.29, 1.82) is 0 Å². The summed E-state index contributed by atoms with van der Waals surface area (Å²) in [6, 6.07) is 3.93. The number of carbonyl (C=O) groups excluding carboxylic acids is 2. The van der Waals surface area contributed by atoms with Gasteiger partial charge >= 0.3 is 6.18 Å². The molecule has 170 valence electrons. The number of benzene rings is 1. The summed E-state index contributed by atoms with van der Waals surface area (Å²) in [6.07, 6.45) is -3.83. The lowest BCUT2D eigenvalue weighted by molar-refractivity contribution is -0.159. The molecular formula is C20H16ClF5N4O2. The van der Waals surface area contributed by atoms with Crippen LogP contribution in [0.25, 0.3) is 11.0 Å². The molecule has 0 saturated carbocycles. The fraction of sp³-hybridized carbons (Fsp3) is 0.250. The molecule has 6 nitrogen and oxygen atoms in total. The number of nitrogens with zero attached hydrogens (tertiary/aromatic N) is 2. The summed E-state index contributed by atoms with van der Waals surface area (Å²) < 4.78 is 65.5. The molecule has 2 amide bonds. The minimum absolute atomic E-state index is 0.0365. The van der Waals surface area contributed by atoms with E-state index in [1.54, 1.807) is 0 Å². The highest BCUT2D eigenvalue weighted by Crippen LogP contribution is 2.20. The summed E-state index contributed by atoms with van der Waals surface area (Å²) in [5.74, 6) is -3.80. The van der Waals surface area contributed by atoms with Gasteiger partial charge in [-0.25, -0.2) is 13.8 Å². The predicted octanol–water partition coefficient (Wildman–Crippen LogP) is 3.86. The van der Waals surface area contributed by atoms with Gasteiger partial charge in [0.05, 0.1) is 5.02 Å². The van der Waals surface area contributed by atoms with E-state index in [-0.39, 0.29) is 11.3 Å². The Morgan fingerprint density at radius 2 is 1.94 bits per heavy atom. The van der Waals surface area contributed by atoms with Gasteiger partial charge in [-0.3, -0.25) is 9.59 Å². The van der Waals surface area contributed by atoms with Crippen molar-refractivity contribution in [3.63, 3.8) is 0 Å². The quantitative estimate of drug-likeness (QED) is 0.533. The average molecular weight is 475 g/mol. The molecule has 0 bridgehead atoms. The first-order valence-electron chi connectivity index (χ1n) is 9.14. The van der Waals surface area contributed by atoms with E-state index in [1.807, 2.05) is 0 Å². The molecular weight excluding hydrogens is 459 g/mol. The predicted molar refractivity (Wildman–Crippen MR) is 106 cm³/mol. The van der Waals surface area contributed by atoms with Crippen LogP contribution in [0.15, 0.2) is 36.5 Å². The van der Waals surface area contributed by atoms with E-state index in [4.69, 9.17) is 11.6 Å². The Balaban J connectivity index is 1.87. The Hall–Kier alpha value is -3.21. The molecule has 0 aliphatic carbocycles. The van der Waals surface area contributed by atoms with Crippen LogP contribution >= 0.6 is 11.6 Å². The largest absolute Gasteiger partial charge is 0.406 e. The van der Waals surface area contributed by atoms with Crippen molar-refractivity contribution in [2.45, 2.75) is 18.6 Å². The van der Waals surface area contributed by atoms with Crippen LogP contribution in [-0.4, -0.2) is 52.5 Å². The smallest absolute Gasteiger partial charge is 0.339 e. The number of aromatic nitrogens is 2. The fourth-order valence-electron chi connectivity index (χ4n) is 3.07. The van der Waals surface area contributed by atoms with Crippen molar-refractivity contribution in [1.82, 2.24) is 20.2 Å². The van der Waals surface area contributed by atoms with Gasteiger partial charge in [-0.05, 0) is 23.8 Å². The highest BCUT2D eigenvalue weighted by molar-refractivity contribution is 6.31. The number of amides is 2. The minimum atomic E-state index is -4.68. The van der Waals surface area contributed by atoms with E-state index in [2.05, 4.69) is 15.3 Å². The van der Waals surface area contributed by atoms with E-state index in [9.17, 15) is 31.5 Å². The van der Waals surface area contributed by atoms with Gasteiger partial charge in [0.2, 0.25) is 5.91 Å². The van der Waals surface area contributed by atoms with Gasteiger partial charge in [-0.1, -0.05) is 17.7 Å². The van der Waals surface area contributed by atoms with Gasteiger partial charge in [-0.15, -0.1) is 0 Å². The zero-order valence-electron chi connectivity index (χ0n) is 16.4. The summed E-state index contributed by atoms with van der Waals surface area (Å²) >= 11 is 5.86. The Labute approximate surface area is 183 Å². The van der Waals surface area contributed by atoms with E-state index in [1.165, 1.54) is 18.3 Å². The van der Waals surface area contributed by atoms with Crippen LogP contribution in [0, 0.1) is 11.6 Å². The molecule has 1 aromatic carbocycles. The summed E-state index contributed by atoms with van der Waals surface area (Å²) in [5.41, 5.74) is 0.127. The van der Waals surface area contributed by atoms with Crippen molar-refractivity contribution in [2.75, 3.05) is 13.6 Å². The molecule has 2 N–H and O–H groups in total. The number of halogens is 6. The van der Waals surface area contributed by atoms with Crippen LogP contribution < -0.4 is 5.32 Å². The zero-order chi connectivity index (χ0) is 23.6. The summed E-state index contributed by atoms with van der Waals surface area (Å²) in [4.78, 5) is 32.4. The maximum atomic E-state index is 14.1. The van der Waals surface area contributed by atoms with Crippen LogP contribution in [0.4, 0.5) is 22.0 Å². The molecule has 0 saturated heterocycles. The van der Waals surface area contributed by atoms with Crippen molar-refractivity contribution >= 4 is 34.4 Å². The van der Waals surface area contributed by atoms with E-state index < -0.39 is 48.6 Å². The van der Waals surface area contributed by atoms with Gasteiger partial charge in [-0.2, -0.15) is 13.2 Å². The van der Waals surface area contributed by atoms with Gasteiger partial charge in [0.25, 0.3) is 5.91 Å². The number of hydrogen-bond acceptors (Lipinski definition) is 3. The number of pyridine rings is 1. The standard InChI is InChI=1S/C20H16ClF5N4O2/c1-30(9-20(24,25)26)19(32)16(5-10-2-3-13(22)7-14(10)23)29-18(31)15-6-11-4-12(21)8-27-17(11)28-15/h2-4,6-8,16H,5,9H2,1H3,(H,27,28)(H,29,31)/t16-/m0/s1. The molecule has 0 aliphatic rings. The van der Waals surface area contributed by atoms with Crippen molar-refractivity contribution in [2.24, 2.45) is 0 Å². The molecule has 0 aliphatic heterocycles. The molecule has 32 heavy (non-hydrogen) atoms. The zero-order valence-corrected chi connectivity index (χ0v) is 17.2. The first-order chi connectivity index (χ1) is 14.9. The van der Waals surface area contributed by atoms with Gasteiger partial charge in [0, 0.05) is 31.1 Å². The van der Waals surface area contributed by atoms with Crippen molar-refractivity contribution in [3.05, 3.63) is 64.4 Å². The second-order valence-electron chi connectivity index (χ2n) is 7.05. The monoisotopic (exact) mass is 474 g/mol. The SMILES string of the molecule is CN(CC(F)(F)F)C(=O)[C@H](Cc1ccc(F)cc1F)NC(=O)c1cc2cc(Cl)cnc2[nH]1. The first-order valence-corrected chi connectivity index (χ1v) is 9.51. The topological polar surface area (TPSA) is 78.1 Å². The third-order valence-electron chi connectivity index (χ3n) is 4.52. The number of H-pyrrole nitrogens is 1. The highest BCUT2D eigenvalue weighted by Gasteiger charge is 2.34. The molecule has 1 atom stereocenters. The third-order valence-corrected chi connectivity index (χ3v) is 4.72. The number of alkyl halides is 3. The van der Waals surface area contributed by atoms with E-state index in [0.29, 0.717) is 27.0 Å². The number of fused-ring (bicyclic) bond motifs is 1. The van der Waals surface area contributed by atoms with Gasteiger partial charge in [0.1, 0.15) is 35.6 Å². The van der Waals surface area contributed by atoms with Crippen LogP contribution in [0.5, 0.6) is 0 Å². The number of carbonyl (C=O) groups is 2. The summed E-state index contributed by atoms with van der Waals surface area (Å²) in [5, 5.41) is 3.12. The number of likely N-dealkylation sites (N-methyl/N-ethyl adjacent to an activating group) is 1. The Kier molecular flexibility index (Phi) is 6.68. The first kappa shape index (κ1) is 23.5. The molecule has 0 fully saturated rings. The lowest BCUT2D eigenvalue weighted by atomic mass is 10.0. The fourth-order valence-corrected chi connectivity index (χ4v) is 3.23. The molecule has 0 spiro atoms. The highest BCUT2D eigenvalue weighted by atomic mass is 35.5. The second kappa shape index (κ2) is 9.11. The molecule has 3 aromatic rings. The average Bonchev–Trinajstić information content (AvgIpc) is 3.10. The lowest BCUT2D eigenvalue weighted by Gasteiger charge is -2.25. The van der Waals surface area contributed by atoms with Crippen LogP contribution in [0.2, 0.25) is 5.02 Å². The van der Waals surface area contributed by atoms with Crippen molar-refractivity contribution in [3.8, 4) is 0 Å². The molecule has 2 aromatic heterocycles. The summed E-state index contributed by atoms with van der Waals surface area (Å²) in [7, 11) is 0.908. The minimum Gasteiger partial charge on any atom is -0.339 e. The number of hydrogen-bond donors (Lipinski definition) is 2. The number of nitrogens with one attached hydrogen (secondary N) is 2. The molecule has 2 heterocycles. The van der Waals surface area contributed by atoms with Gasteiger partial charge < -0.3 is 15.2 Å². The molecule has 12 heteroatoms. The number of rotatable bonds is 6. The molecule has 0 unspecified atom stereocenters. The second-order valence-corrected chi connectivity index (χ2v) is 7.49. The summed E-state index contributed by atoms with van der Waals surface area (Å²) in [6.45, 7) is -1.57. The Morgan fingerprint density at radius 1 is 1.22 bits per heavy atom. The maximum Gasteiger partial charge on any atom is 0.406 e. The molecule has 3 rings (SSSR count).